The van der Waals surface area contributed by atoms with Gasteiger partial charge in [-0.15, -0.1) is 0 Å². The summed E-state index contributed by atoms with van der Waals surface area (Å²) >= 11 is 12.1. The van der Waals surface area contributed by atoms with Gasteiger partial charge in [-0.25, -0.2) is 0 Å². The number of aryl methyl sites for hydroxylation is 1. The van der Waals surface area contributed by atoms with Crippen molar-refractivity contribution in [2.45, 2.75) is 57.7 Å². The molecule has 7 heteroatoms. The smallest absolute Gasteiger partial charge is 0.174 e. The van der Waals surface area contributed by atoms with Gasteiger partial charge in [-0.05, 0) is 80.9 Å². The number of anilines is 1. The third-order valence-corrected chi connectivity index (χ3v) is 7.38. The van der Waals surface area contributed by atoms with E-state index in [1.807, 2.05) is 23.1 Å². The third-order valence-electron chi connectivity index (χ3n) is 6.83. The van der Waals surface area contributed by atoms with E-state index in [1.54, 1.807) is 24.4 Å². The molecule has 2 atom stereocenters. The van der Waals surface area contributed by atoms with Gasteiger partial charge < -0.3 is 19.9 Å². The monoisotopic (exact) mass is 466 g/mol. The summed E-state index contributed by atoms with van der Waals surface area (Å²) in [4.78, 5) is 6.63. The quantitative estimate of drug-likeness (QED) is 0.451. The molecule has 2 aliphatic rings. The average molecular weight is 467 g/mol. The highest BCUT2D eigenvalue weighted by Gasteiger charge is 2.43. The molecular weight excluding hydrogens is 440 g/mol. The molecule has 1 saturated heterocycles. The standard InChI is InChI=1S/C25H27ClN4OS/c1-15-13-19(16(2)29(15)18-7-3-4-8-18)24-23(20-9-5-6-12-27-20)28-25(32)30(24)21-14-17(26)10-11-22(21)31/h5-6,9-14,18,23-24,31H,3-4,7-8H2,1-2H3,(H,28,32). The Labute approximate surface area is 199 Å². The molecule has 0 amide bonds. The Morgan fingerprint density at radius 2 is 1.91 bits per heavy atom. The van der Waals surface area contributed by atoms with Gasteiger partial charge in [-0.3, -0.25) is 4.98 Å². The summed E-state index contributed by atoms with van der Waals surface area (Å²) in [6.45, 7) is 4.39. The Morgan fingerprint density at radius 1 is 1.12 bits per heavy atom. The van der Waals surface area contributed by atoms with E-state index in [0.717, 1.165) is 5.69 Å². The largest absolute Gasteiger partial charge is 0.506 e. The number of nitrogens with one attached hydrogen (secondary N) is 1. The number of pyridine rings is 1. The van der Waals surface area contributed by atoms with E-state index in [1.165, 1.54) is 42.6 Å². The molecule has 2 fully saturated rings. The number of thiocarbonyl (C=S) groups is 1. The second kappa shape index (κ2) is 8.41. The highest BCUT2D eigenvalue weighted by molar-refractivity contribution is 7.80. The van der Waals surface area contributed by atoms with Crippen LogP contribution in [0.15, 0.2) is 48.7 Å². The van der Waals surface area contributed by atoms with Gasteiger partial charge in [-0.2, -0.15) is 0 Å². The molecule has 5 nitrogen and oxygen atoms in total. The molecule has 1 saturated carbocycles. The number of hydrogen-bond donors (Lipinski definition) is 2. The molecular formula is C25H27ClN4OS. The minimum atomic E-state index is -0.164. The minimum Gasteiger partial charge on any atom is -0.506 e. The summed E-state index contributed by atoms with van der Waals surface area (Å²) in [6, 6.07) is 13.5. The van der Waals surface area contributed by atoms with Crippen molar-refractivity contribution in [3.8, 4) is 5.75 Å². The lowest BCUT2D eigenvalue weighted by molar-refractivity contribution is 0.472. The van der Waals surface area contributed by atoms with Crippen LogP contribution in [0.1, 0.15) is 66.5 Å². The molecule has 0 spiro atoms. The zero-order valence-electron chi connectivity index (χ0n) is 18.3. The first-order chi connectivity index (χ1) is 15.5. The molecule has 2 unspecified atom stereocenters. The summed E-state index contributed by atoms with van der Waals surface area (Å²) in [7, 11) is 0. The SMILES string of the molecule is Cc1cc(C2C(c3ccccn3)NC(=S)N2c2cc(Cl)ccc2O)c(C)n1C1CCCC1. The Bertz CT molecular complexity index is 1160. The topological polar surface area (TPSA) is 53.3 Å². The molecule has 2 N–H and O–H groups in total. The predicted molar refractivity (Wildman–Crippen MR) is 132 cm³/mol. The second-order valence-corrected chi connectivity index (χ2v) is 9.59. The van der Waals surface area contributed by atoms with Crippen LogP contribution < -0.4 is 10.2 Å². The number of nitrogens with zero attached hydrogens (tertiary/aromatic N) is 3. The van der Waals surface area contributed by atoms with Gasteiger partial charge in [0.25, 0.3) is 0 Å². The third kappa shape index (κ3) is 3.55. The van der Waals surface area contributed by atoms with Crippen LogP contribution >= 0.6 is 23.8 Å². The zero-order valence-corrected chi connectivity index (χ0v) is 19.8. The van der Waals surface area contributed by atoms with Gasteiger partial charge in [0.1, 0.15) is 5.75 Å². The van der Waals surface area contributed by atoms with Crippen molar-refractivity contribution in [3.05, 3.63) is 76.3 Å². The Balaban J connectivity index is 1.68. The van der Waals surface area contributed by atoms with E-state index in [0.29, 0.717) is 21.9 Å². The summed E-state index contributed by atoms with van der Waals surface area (Å²) < 4.78 is 2.50. The normalized spacial score (nSPS) is 21.3. The predicted octanol–water partition coefficient (Wildman–Crippen LogP) is 6.15. The molecule has 3 heterocycles. The van der Waals surface area contributed by atoms with E-state index >= 15 is 0 Å². The molecule has 3 aromatic rings. The van der Waals surface area contributed by atoms with Crippen molar-refractivity contribution in [1.82, 2.24) is 14.9 Å². The summed E-state index contributed by atoms with van der Waals surface area (Å²) in [5.74, 6) is 0.148. The number of aromatic nitrogens is 2. The fraction of sp³-hybridized carbons (Fsp3) is 0.360. The lowest BCUT2D eigenvalue weighted by atomic mass is 9.96. The van der Waals surface area contributed by atoms with Crippen molar-refractivity contribution in [3.63, 3.8) is 0 Å². The molecule has 0 radical (unpaired) electrons. The van der Waals surface area contributed by atoms with Crippen LogP contribution in [0.4, 0.5) is 5.69 Å². The number of benzene rings is 1. The van der Waals surface area contributed by atoms with Gasteiger partial charge in [0.05, 0.1) is 23.5 Å². The van der Waals surface area contributed by atoms with Gasteiger partial charge in [-0.1, -0.05) is 30.5 Å². The van der Waals surface area contributed by atoms with Crippen molar-refractivity contribution in [1.29, 1.82) is 0 Å². The van der Waals surface area contributed by atoms with Crippen LogP contribution in [0, 0.1) is 13.8 Å². The fourth-order valence-electron chi connectivity index (χ4n) is 5.45. The molecule has 1 aliphatic heterocycles. The van der Waals surface area contributed by atoms with E-state index in [4.69, 9.17) is 23.8 Å². The van der Waals surface area contributed by atoms with Crippen LogP contribution in [0.25, 0.3) is 0 Å². The van der Waals surface area contributed by atoms with Crippen LogP contribution in [-0.2, 0) is 0 Å². The van der Waals surface area contributed by atoms with Gasteiger partial charge >= 0.3 is 0 Å². The number of halogens is 1. The molecule has 2 aromatic heterocycles. The van der Waals surface area contributed by atoms with Crippen molar-refractivity contribution in [2.75, 3.05) is 4.90 Å². The molecule has 5 rings (SSSR count). The molecule has 0 bridgehead atoms. The van der Waals surface area contributed by atoms with Crippen LogP contribution in [0.5, 0.6) is 5.75 Å². The van der Waals surface area contributed by atoms with E-state index < -0.39 is 0 Å². The molecule has 32 heavy (non-hydrogen) atoms. The number of phenols is 1. The van der Waals surface area contributed by atoms with Crippen LogP contribution in [0.3, 0.4) is 0 Å². The number of aromatic hydroxyl groups is 1. The summed E-state index contributed by atoms with van der Waals surface area (Å²) in [5, 5.41) is 15.3. The van der Waals surface area contributed by atoms with E-state index in [2.05, 4.69) is 34.8 Å². The maximum atomic E-state index is 10.7. The lowest BCUT2D eigenvalue weighted by Crippen LogP contribution is -2.29. The van der Waals surface area contributed by atoms with Crippen molar-refractivity contribution >= 4 is 34.6 Å². The van der Waals surface area contributed by atoms with Crippen molar-refractivity contribution < 1.29 is 5.11 Å². The van der Waals surface area contributed by atoms with E-state index in [9.17, 15) is 5.11 Å². The van der Waals surface area contributed by atoms with Gasteiger partial charge in [0.15, 0.2) is 5.11 Å². The highest BCUT2D eigenvalue weighted by atomic mass is 35.5. The molecule has 1 aromatic carbocycles. The van der Waals surface area contributed by atoms with Crippen LogP contribution in [-0.4, -0.2) is 19.8 Å². The number of hydrogen-bond acceptors (Lipinski definition) is 3. The maximum Gasteiger partial charge on any atom is 0.174 e. The first-order valence-corrected chi connectivity index (χ1v) is 11.9. The molecule has 1 aliphatic carbocycles. The summed E-state index contributed by atoms with van der Waals surface area (Å²) in [5.41, 5.74) is 5.21. The zero-order chi connectivity index (χ0) is 22.4. The first-order valence-electron chi connectivity index (χ1n) is 11.1. The number of rotatable bonds is 4. The lowest BCUT2D eigenvalue weighted by Gasteiger charge is -2.29. The second-order valence-electron chi connectivity index (χ2n) is 8.76. The summed E-state index contributed by atoms with van der Waals surface area (Å²) in [6.07, 6.45) is 6.81. The Kier molecular flexibility index (Phi) is 5.59. The van der Waals surface area contributed by atoms with Gasteiger partial charge in [0, 0.05) is 28.6 Å². The van der Waals surface area contributed by atoms with Crippen LogP contribution in [0.2, 0.25) is 5.02 Å². The maximum absolute atomic E-state index is 10.7. The molecule has 166 valence electrons. The Hall–Kier alpha value is -2.57. The van der Waals surface area contributed by atoms with Crippen molar-refractivity contribution in [2.24, 2.45) is 0 Å². The number of phenolic OH excluding ortho intramolecular Hbond substituents is 1. The first kappa shape index (κ1) is 21.3. The fourth-order valence-corrected chi connectivity index (χ4v) is 5.95. The minimum absolute atomic E-state index is 0.148. The average Bonchev–Trinajstić information content (AvgIpc) is 3.48. The van der Waals surface area contributed by atoms with E-state index in [-0.39, 0.29) is 17.8 Å². The highest BCUT2D eigenvalue weighted by Crippen LogP contribution is 2.47. The van der Waals surface area contributed by atoms with Gasteiger partial charge in [0.2, 0.25) is 0 Å². The Morgan fingerprint density at radius 3 is 2.62 bits per heavy atom.